The van der Waals surface area contributed by atoms with E-state index >= 15 is 0 Å². The van der Waals surface area contributed by atoms with Crippen molar-refractivity contribution in [3.05, 3.63) is 46.9 Å². The number of benzene rings is 1. The van der Waals surface area contributed by atoms with Gasteiger partial charge < -0.3 is 9.84 Å². The molecule has 1 heterocycles. The van der Waals surface area contributed by atoms with Crippen LogP contribution in [0, 0.1) is 25.5 Å². The van der Waals surface area contributed by atoms with Gasteiger partial charge in [0.15, 0.2) is 5.76 Å². The highest BCUT2D eigenvalue weighted by Crippen LogP contribution is 2.20. The van der Waals surface area contributed by atoms with Crippen molar-refractivity contribution in [2.24, 2.45) is 0 Å². The first-order chi connectivity index (χ1) is 8.49. The summed E-state index contributed by atoms with van der Waals surface area (Å²) in [5, 5.41) is 6.13. The minimum atomic E-state index is -0.917. The summed E-state index contributed by atoms with van der Waals surface area (Å²) in [6.07, 6.45) is 0. The Kier molecular flexibility index (Phi) is 3.10. The maximum Gasteiger partial charge on any atom is 0.258 e. The number of aryl methyl sites for hydroxylation is 2. The van der Waals surface area contributed by atoms with E-state index in [4.69, 9.17) is 4.52 Å². The van der Waals surface area contributed by atoms with Crippen LogP contribution >= 0.6 is 0 Å². The summed E-state index contributed by atoms with van der Waals surface area (Å²) in [5.74, 6) is -1.91. The molecule has 0 radical (unpaired) electrons. The summed E-state index contributed by atoms with van der Waals surface area (Å²) < 4.78 is 31.0. The molecule has 18 heavy (non-hydrogen) atoms. The Bertz CT molecular complexity index is 589. The summed E-state index contributed by atoms with van der Waals surface area (Å²) in [6, 6.07) is 2.76. The largest absolute Gasteiger partial charge is 0.359 e. The summed E-state index contributed by atoms with van der Waals surface area (Å²) in [4.78, 5) is 11.8. The second kappa shape index (κ2) is 4.56. The molecular weight excluding hydrogens is 242 g/mol. The Hall–Kier alpha value is -2.24. The van der Waals surface area contributed by atoms with E-state index in [-0.39, 0.29) is 5.56 Å². The van der Waals surface area contributed by atoms with Gasteiger partial charge in [-0.1, -0.05) is 5.16 Å². The fourth-order valence-corrected chi connectivity index (χ4v) is 1.52. The van der Waals surface area contributed by atoms with Gasteiger partial charge in [0.25, 0.3) is 5.91 Å². The topological polar surface area (TPSA) is 55.1 Å². The summed E-state index contributed by atoms with van der Waals surface area (Å²) in [7, 11) is 0. The van der Waals surface area contributed by atoms with Crippen LogP contribution in [-0.4, -0.2) is 11.1 Å². The minimum Gasteiger partial charge on any atom is -0.359 e. The van der Waals surface area contributed by atoms with Gasteiger partial charge in [-0.25, -0.2) is 8.78 Å². The van der Waals surface area contributed by atoms with E-state index in [2.05, 4.69) is 10.5 Å². The van der Waals surface area contributed by atoms with E-state index < -0.39 is 17.5 Å². The van der Waals surface area contributed by atoms with E-state index in [0.717, 1.165) is 12.1 Å². The van der Waals surface area contributed by atoms with Crippen LogP contribution in [0.5, 0.6) is 0 Å². The molecule has 0 saturated heterocycles. The molecule has 0 fully saturated rings. The van der Waals surface area contributed by atoms with Gasteiger partial charge >= 0.3 is 0 Å². The molecule has 0 saturated carbocycles. The molecule has 94 valence electrons. The molecule has 1 aromatic carbocycles. The third-order valence-corrected chi connectivity index (χ3v) is 2.45. The minimum absolute atomic E-state index is 0.239. The maximum absolute atomic E-state index is 13.4. The number of nitrogens with zero attached hydrogens (tertiary/aromatic N) is 1. The molecule has 0 aliphatic rings. The normalized spacial score (nSPS) is 10.4. The van der Waals surface area contributed by atoms with Gasteiger partial charge in [-0.15, -0.1) is 0 Å². The predicted molar refractivity (Wildman–Crippen MR) is 60.3 cm³/mol. The lowest BCUT2D eigenvalue weighted by Crippen LogP contribution is -2.14. The van der Waals surface area contributed by atoms with E-state index in [1.807, 2.05) is 0 Å². The van der Waals surface area contributed by atoms with Crippen LogP contribution in [0.4, 0.5) is 14.5 Å². The van der Waals surface area contributed by atoms with Crippen LogP contribution in [-0.2, 0) is 0 Å². The van der Waals surface area contributed by atoms with Crippen molar-refractivity contribution in [1.82, 2.24) is 5.16 Å². The molecule has 0 bridgehead atoms. The molecule has 0 spiro atoms. The van der Waals surface area contributed by atoms with Crippen molar-refractivity contribution in [2.45, 2.75) is 13.8 Å². The number of aromatic nitrogens is 1. The quantitative estimate of drug-likeness (QED) is 0.894. The summed E-state index contributed by atoms with van der Waals surface area (Å²) in [6.45, 7) is 3.27. The smallest absolute Gasteiger partial charge is 0.258 e. The van der Waals surface area contributed by atoms with Crippen LogP contribution in [0.2, 0.25) is 0 Å². The summed E-state index contributed by atoms with van der Waals surface area (Å²) in [5.41, 5.74) is 0.642. The third kappa shape index (κ3) is 2.22. The number of amides is 1. The first-order valence-corrected chi connectivity index (χ1v) is 5.18. The van der Waals surface area contributed by atoms with Crippen molar-refractivity contribution in [3.8, 4) is 0 Å². The van der Waals surface area contributed by atoms with Crippen molar-refractivity contribution in [2.75, 3.05) is 5.32 Å². The van der Waals surface area contributed by atoms with Gasteiger partial charge in [0.1, 0.15) is 23.0 Å². The monoisotopic (exact) mass is 252 g/mol. The van der Waals surface area contributed by atoms with Crippen LogP contribution in [0.1, 0.15) is 21.8 Å². The highest BCUT2D eigenvalue weighted by Gasteiger charge is 2.16. The van der Waals surface area contributed by atoms with Gasteiger partial charge in [0.2, 0.25) is 0 Å². The summed E-state index contributed by atoms with van der Waals surface area (Å²) >= 11 is 0. The lowest BCUT2D eigenvalue weighted by atomic mass is 10.2. The van der Waals surface area contributed by atoms with E-state index in [1.54, 1.807) is 13.8 Å². The number of carbonyl (C=O) groups excluding carboxylic acids is 1. The Morgan fingerprint density at radius 2 is 2.06 bits per heavy atom. The van der Waals surface area contributed by atoms with Gasteiger partial charge in [-0.3, -0.25) is 4.79 Å². The number of hydrogen-bond acceptors (Lipinski definition) is 3. The molecule has 1 amide bonds. The number of nitrogens with one attached hydrogen (secondary N) is 1. The zero-order valence-corrected chi connectivity index (χ0v) is 9.75. The molecular formula is C12H10F2N2O2. The van der Waals surface area contributed by atoms with Crippen LogP contribution in [0.3, 0.4) is 0 Å². The van der Waals surface area contributed by atoms with Crippen LogP contribution in [0.25, 0.3) is 0 Å². The molecule has 0 aliphatic heterocycles. The first kappa shape index (κ1) is 12.2. The SMILES string of the molecule is Cc1noc(C)c1NC(=O)c1ccc(F)cc1F. The van der Waals surface area contributed by atoms with Crippen molar-refractivity contribution >= 4 is 11.6 Å². The number of carbonyl (C=O) groups is 1. The van der Waals surface area contributed by atoms with Gasteiger partial charge in [-0.2, -0.15) is 0 Å². The van der Waals surface area contributed by atoms with Gasteiger partial charge in [0, 0.05) is 6.07 Å². The molecule has 2 aromatic rings. The van der Waals surface area contributed by atoms with Crippen molar-refractivity contribution in [1.29, 1.82) is 0 Å². The van der Waals surface area contributed by atoms with Crippen LogP contribution < -0.4 is 5.32 Å². The Balaban J connectivity index is 2.28. The first-order valence-electron chi connectivity index (χ1n) is 5.18. The van der Waals surface area contributed by atoms with Crippen LogP contribution in [0.15, 0.2) is 22.7 Å². The lowest BCUT2D eigenvalue weighted by molar-refractivity contribution is 0.102. The Morgan fingerprint density at radius 1 is 1.33 bits per heavy atom. The second-order valence-corrected chi connectivity index (χ2v) is 3.78. The zero-order chi connectivity index (χ0) is 13.3. The highest BCUT2D eigenvalue weighted by atomic mass is 19.1. The van der Waals surface area contributed by atoms with Gasteiger partial charge in [0.05, 0.1) is 5.56 Å². The van der Waals surface area contributed by atoms with Crippen molar-refractivity contribution in [3.63, 3.8) is 0 Å². The molecule has 1 N–H and O–H groups in total. The second-order valence-electron chi connectivity index (χ2n) is 3.78. The average Bonchev–Trinajstić information content (AvgIpc) is 2.60. The fourth-order valence-electron chi connectivity index (χ4n) is 1.52. The number of halogens is 2. The standard InChI is InChI=1S/C12H10F2N2O2/c1-6-11(7(2)18-16-6)15-12(17)9-4-3-8(13)5-10(9)14/h3-5H,1-2H3,(H,15,17). The predicted octanol–water partition coefficient (Wildman–Crippen LogP) is 2.82. The molecule has 0 atom stereocenters. The highest BCUT2D eigenvalue weighted by molar-refractivity contribution is 6.04. The van der Waals surface area contributed by atoms with Gasteiger partial charge in [-0.05, 0) is 26.0 Å². The Morgan fingerprint density at radius 3 is 2.61 bits per heavy atom. The van der Waals surface area contributed by atoms with E-state index in [9.17, 15) is 13.6 Å². The Labute approximate surface area is 102 Å². The zero-order valence-electron chi connectivity index (χ0n) is 9.75. The number of rotatable bonds is 2. The number of anilines is 1. The van der Waals surface area contributed by atoms with E-state index in [1.165, 1.54) is 0 Å². The fraction of sp³-hybridized carbons (Fsp3) is 0.167. The maximum atomic E-state index is 13.4. The molecule has 6 heteroatoms. The molecule has 1 aromatic heterocycles. The van der Waals surface area contributed by atoms with Crippen molar-refractivity contribution < 1.29 is 18.1 Å². The molecule has 0 aliphatic carbocycles. The number of hydrogen-bond donors (Lipinski definition) is 1. The lowest BCUT2D eigenvalue weighted by Gasteiger charge is -2.05. The molecule has 0 unspecified atom stereocenters. The third-order valence-electron chi connectivity index (χ3n) is 2.45. The van der Waals surface area contributed by atoms with E-state index in [0.29, 0.717) is 23.2 Å². The average molecular weight is 252 g/mol. The molecule has 4 nitrogen and oxygen atoms in total. The molecule has 2 rings (SSSR count).